The summed E-state index contributed by atoms with van der Waals surface area (Å²) in [4.78, 5) is 0.580. The van der Waals surface area contributed by atoms with Gasteiger partial charge in [-0.2, -0.15) is 5.26 Å². The fourth-order valence-electron chi connectivity index (χ4n) is 3.35. The molecular formula is C22H17FN2O3S2. The summed E-state index contributed by atoms with van der Waals surface area (Å²) in [7, 11) is -3.85. The van der Waals surface area contributed by atoms with Crippen LogP contribution >= 0.6 is 0 Å². The van der Waals surface area contributed by atoms with Gasteiger partial charge in [0.15, 0.2) is 4.90 Å². The first-order chi connectivity index (χ1) is 14.3. The lowest BCUT2D eigenvalue weighted by Gasteiger charge is -2.31. The predicted molar refractivity (Wildman–Crippen MR) is 114 cm³/mol. The fraction of sp³-hybridized carbons (Fsp3) is 0.136. The molecule has 1 heterocycles. The van der Waals surface area contributed by atoms with Crippen molar-refractivity contribution < 1.29 is 17.4 Å². The molecule has 1 unspecified atom stereocenters. The summed E-state index contributed by atoms with van der Waals surface area (Å²) in [6, 6.07) is 17.5. The third kappa shape index (κ3) is 3.56. The van der Waals surface area contributed by atoms with E-state index in [0.717, 1.165) is 5.56 Å². The number of aryl methyl sites for hydroxylation is 1. The van der Waals surface area contributed by atoms with Crippen LogP contribution in [0.5, 0.6) is 0 Å². The third-order valence-electron chi connectivity index (χ3n) is 4.98. The lowest BCUT2D eigenvalue weighted by atomic mass is 10.0. The van der Waals surface area contributed by atoms with Gasteiger partial charge in [0.2, 0.25) is 0 Å². The van der Waals surface area contributed by atoms with Gasteiger partial charge in [-0.25, -0.2) is 12.8 Å². The highest BCUT2D eigenvalue weighted by Gasteiger charge is 2.35. The van der Waals surface area contributed by atoms with Crippen molar-refractivity contribution >= 4 is 26.9 Å². The van der Waals surface area contributed by atoms with E-state index in [4.69, 9.17) is 5.26 Å². The molecule has 3 aromatic carbocycles. The summed E-state index contributed by atoms with van der Waals surface area (Å²) < 4.78 is 54.4. The van der Waals surface area contributed by atoms with Crippen LogP contribution in [-0.2, 0) is 21.2 Å². The van der Waals surface area contributed by atoms with Crippen molar-refractivity contribution in [3.63, 3.8) is 0 Å². The van der Waals surface area contributed by atoms with Crippen LogP contribution in [0.1, 0.15) is 11.1 Å². The molecule has 30 heavy (non-hydrogen) atoms. The van der Waals surface area contributed by atoms with Crippen LogP contribution in [0.15, 0.2) is 70.5 Å². The molecule has 1 aliphatic heterocycles. The fourth-order valence-corrected chi connectivity index (χ4v) is 6.19. The molecule has 1 aliphatic rings. The number of fused-ring (bicyclic) bond motifs is 1. The van der Waals surface area contributed by atoms with Gasteiger partial charge >= 0.3 is 0 Å². The average molecular weight is 441 g/mol. The first-order valence-electron chi connectivity index (χ1n) is 9.13. The van der Waals surface area contributed by atoms with E-state index >= 15 is 0 Å². The summed E-state index contributed by atoms with van der Waals surface area (Å²) in [5, 5.41) is 8.92. The van der Waals surface area contributed by atoms with E-state index < -0.39 is 27.0 Å². The molecule has 0 fully saturated rings. The number of rotatable bonds is 3. The van der Waals surface area contributed by atoms with E-state index in [9.17, 15) is 17.4 Å². The largest absolute Gasteiger partial charge is 0.611 e. The molecule has 4 rings (SSSR count). The smallest absolute Gasteiger partial charge is 0.264 e. The Morgan fingerprint density at radius 3 is 2.40 bits per heavy atom. The van der Waals surface area contributed by atoms with Gasteiger partial charge < -0.3 is 4.55 Å². The number of hydrogen-bond donors (Lipinski definition) is 0. The molecular weight excluding hydrogens is 423 g/mol. The van der Waals surface area contributed by atoms with Crippen molar-refractivity contribution in [2.75, 3.05) is 16.6 Å². The standard InChI is InChI=1S/C22H17FN2O3S2/c1-15-2-7-19(8-3-15)30(27,28)25-10-11-29(26)22-9-6-17(13-21(22)25)16-4-5-18(14-24)20(23)12-16/h2-9,12-13H,10-11H2,1H3. The maximum absolute atomic E-state index is 14.1. The van der Waals surface area contributed by atoms with Crippen LogP contribution in [0, 0.1) is 24.1 Å². The summed E-state index contributed by atoms with van der Waals surface area (Å²) in [5.41, 5.74) is 2.27. The Kier molecular flexibility index (Phi) is 5.28. The maximum atomic E-state index is 14.1. The van der Waals surface area contributed by atoms with Crippen molar-refractivity contribution in [3.05, 3.63) is 77.6 Å². The molecule has 3 aromatic rings. The van der Waals surface area contributed by atoms with Gasteiger partial charge in [-0.15, -0.1) is 0 Å². The molecule has 5 nitrogen and oxygen atoms in total. The molecule has 152 valence electrons. The zero-order valence-electron chi connectivity index (χ0n) is 16.0. The topological polar surface area (TPSA) is 84.2 Å². The molecule has 0 N–H and O–H groups in total. The molecule has 1 atom stereocenters. The quantitative estimate of drug-likeness (QED) is 0.577. The molecule has 0 saturated heterocycles. The van der Waals surface area contributed by atoms with E-state index in [0.29, 0.717) is 21.7 Å². The summed E-state index contributed by atoms with van der Waals surface area (Å²) >= 11 is -1.33. The van der Waals surface area contributed by atoms with Crippen LogP contribution in [0.25, 0.3) is 11.1 Å². The molecule has 0 aliphatic carbocycles. The van der Waals surface area contributed by atoms with Crippen LogP contribution in [0.3, 0.4) is 0 Å². The van der Waals surface area contributed by atoms with Crippen molar-refractivity contribution in [1.82, 2.24) is 0 Å². The lowest BCUT2D eigenvalue weighted by Crippen LogP contribution is -2.39. The molecule has 0 spiro atoms. The minimum atomic E-state index is -3.85. The molecule has 0 saturated carbocycles. The zero-order chi connectivity index (χ0) is 21.5. The second kappa shape index (κ2) is 7.76. The van der Waals surface area contributed by atoms with E-state index in [2.05, 4.69) is 0 Å². The normalized spacial score (nSPS) is 16.1. The lowest BCUT2D eigenvalue weighted by molar-refractivity contribution is 0.583. The van der Waals surface area contributed by atoms with Gasteiger partial charge in [0.05, 0.1) is 17.0 Å². The number of nitrogens with zero attached hydrogens (tertiary/aromatic N) is 2. The number of anilines is 1. The highest BCUT2D eigenvalue weighted by atomic mass is 32.2. The van der Waals surface area contributed by atoms with E-state index in [1.54, 1.807) is 54.6 Å². The molecule has 0 amide bonds. The Bertz CT molecular complexity index is 1270. The number of hydrogen-bond acceptors (Lipinski definition) is 4. The minimum Gasteiger partial charge on any atom is -0.611 e. The third-order valence-corrected chi connectivity index (χ3v) is 8.20. The first kappa shape index (κ1) is 20.4. The van der Waals surface area contributed by atoms with Crippen molar-refractivity contribution in [2.45, 2.75) is 16.7 Å². The van der Waals surface area contributed by atoms with Gasteiger partial charge in [-0.05, 0) is 71.7 Å². The number of halogens is 1. The number of benzene rings is 3. The van der Waals surface area contributed by atoms with E-state index in [1.807, 2.05) is 6.92 Å². The van der Waals surface area contributed by atoms with Gasteiger partial charge in [0.25, 0.3) is 10.0 Å². The monoisotopic (exact) mass is 440 g/mol. The van der Waals surface area contributed by atoms with Gasteiger partial charge in [0.1, 0.15) is 23.3 Å². The number of sulfonamides is 1. The number of nitriles is 1. The molecule has 8 heteroatoms. The van der Waals surface area contributed by atoms with Gasteiger partial charge in [-0.1, -0.05) is 23.8 Å². The zero-order valence-corrected chi connectivity index (χ0v) is 17.6. The average Bonchev–Trinajstić information content (AvgIpc) is 2.74. The Hall–Kier alpha value is -2.86. The van der Waals surface area contributed by atoms with Crippen LogP contribution in [0.4, 0.5) is 10.1 Å². The summed E-state index contributed by atoms with van der Waals surface area (Å²) in [6.45, 7) is 1.96. The molecule has 0 radical (unpaired) electrons. The predicted octanol–water partition coefficient (Wildman–Crippen LogP) is 3.99. The highest BCUT2D eigenvalue weighted by molar-refractivity contribution is 7.94. The minimum absolute atomic E-state index is 0.0682. The van der Waals surface area contributed by atoms with Gasteiger partial charge in [0, 0.05) is 0 Å². The Labute approximate surface area is 177 Å². The first-order valence-corrected chi connectivity index (χ1v) is 11.9. The van der Waals surface area contributed by atoms with Crippen molar-refractivity contribution in [3.8, 4) is 17.2 Å². The summed E-state index contributed by atoms with van der Waals surface area (Å²) in [5.74, 6) is -0.455. The van der Waals surface area contributed by atoms with E-state index in [1.165, 1.54) is 16.4 Å². The SMILES string of the molecule is Cc1ccc(S(=O)(=O)N2CC[S+]([O-])c3ccc(-c4ccc(C#N)c(F)c4)cc32)cc1. The van der Waals surface area contributed by atoms with Crippen LogP contribution in [0.2, 0.25) is 0 Å². The van der Waals surface area contributed by atoms with Crippen molar-refractivity contribution in [2.24, 2.45) is 0 Å². The summed E-state index contributed by atoms with van der Waals surface area (Å²) in [6.07, 6.45) is 0. The second-order valence-electron chi connectivity index (χ2n) is 6.93. The molecule has 0 bridgehead atoms. The van der Waals surface area contributed by atoms with Crippen molar-refractivity contribution in [1.29, 1.82) is 5.26 Å². The van der Waals surface area contributed by atoms with E-state index in [-0.39, 0.29) is 22.8 Å². The Morgan fingerprint density at radius 2 is 1.73 bits per heavy atom. The van der Waals surface area contributed by atoms with Gasteiger partial charge in [-0.3, -0.25) is 4.31 Å². The molecule has 0 aromatic heterocycles. The highest BCUT2D eigenvalue weighted by Crippen LogP contribution is 2.37. The Balaban J connectivity index is 1.82. The van der Waals surface area contributed by atoms with Crippen LogP contribution in [-0.4, -0.2) is 25.3 Å². The van der Waals surface area contributed by atoms with Crippen LogP contribution < -0.4 is 4.31 Å². The maximum Gasteiger partial charge on any atom is 0.264 e. The Morgan fingerprint density at radius 1 is 1.07 bits per heavy atom. The second-order valence-corrected chi connectivity index (χ2v) is 10.3.